The first-order valence-corrected chi connectivity index (χ1v) is 9.15. The van der Waals surface area contributed by atoms with E-state index in [9.17, 15) is 14.0 Å². The number of nitrogens with one attached hydrogen (secondary N) is 1. The van der Waals surface area contributed by atoms with Crippen LogP contribution < -0.4 is 11.1 Å². The lowest BCUT2D eigenvalue weighted by atomic mass is 9.77. The van der Waals surface area contributed by atoms with Crippen LogP contribution in [0.2, 0.25) is 0 Å². The summed E-state index contributed by atoms with van der Waals surface area (Å²) in [6, 6.07) is 13.3. The molecule has 1 atom stereocenters. The molecule has 0 spiro atoms. The number of benzene rings is 2. The Bertz CT molecular complexity index is 838. The Labute approximate surface area is 158 Å². The Balaban J connectivity index is 1.73. The number of hydrogen-bond donors (Lipinski definition) is 2. The van der Waals surface area contributed by atoms with E-state index >= 15 is 0 Å². The van der Waals surface area contributed by atoms with E-state index in [0.29, 0.717) is 31.6 Å². The van der Waals surface area contributed by atoms with Crippen molar-refractivity contribution < 1.29 is 14.0 Å². The van der Waals surface area contributed by atoms with Gasteiger partial charge in [-0.3, -0.25) is 4.79 Å². The second-order valence-corrected chi connectivity index (χ2v) is 7.04. The molecule has 3 N–H and O–H groups in total. The van der Waals surface area contributed by atoms with Crippen LogP contribution in [-0.2, 0) is 4.79 Å². The molecule has 1 aliphatic rings. The summed E-state index contributed by atoms with van der Waals surface area (Å²) in [6.45, 7) is 2.86. The summed E-state index contributed by atoms with van der Waals surface area (Å²) in [5, 5.41) is 2.89. The fourth-order valence-corrected chi connectivity index (χ4v) is 3.59. The number of anilines is 1. The smallest absolute Gasteiger partial charge is 0.321 e. The Hall–Kier alpha value is -2.89. The summed E-state index contributed by atoms with van der Waals surface area (Å²) in [6.07, 6.45) is 2.08. The zero-order chi connectivity index (χ0) is 19.4. The average Bonchev–Trinajstić information content (AvgIpc) is 2.68. The Kier molecular flexibility index (Phi) is 5.44. The quantitative estimate of drug-likeness (QED) is 0.855. The first-order chi connectivity index (χ1) is 12.9. The third kappa shape index (κ3) is 4.10. The number of carbonyl (C=O) groups is 2. The lowest BCUT2D eigenvalue weighted by Crippen LogP contribution is -2.52. The number of piperidine rings is 1. The Morgan fingerprint density at radius 1 is 1.19 bits per heavy atom. The maximum absolute atomic E-state index is 13.1. The molecule has 6 heteroatoms. The highest BCUT2D eigenvalue weighted by atomic mass is 19.1. The van der Waals surface area contributed by atoms with E-state index in [-0.39, 0.29) is 17.8 Å². The van der Waals surface area contributed by atoms with Crippen molar-refractivity contribution >= 4 is 17.6 Å². The number of rotatable bonds is 4. The largest absolute Gasteiger partial charge is 0.369 e. The molecule has 0 aromatic heterocycles. The number of primary amides is 1. The van der Waals surface area contributed by atoms with E-state index in [4.69, 9.17) is 5.73 Å². The molecule has 0 radical (unpaired) electrons. The monoisotopic (exact) mass is 369 g/mol. The van der Waals surface area contributed by atoms with Gasteiger partial charge in [0.15, 0.2) is 0 Å². The SMILES string of the molecule is CC[C@]1(C(N)=O)CCCN(C(=O)Nc2cccc(-c3ccc(F)cc3)c2)C1. The standard InChI is InChI=1S/C21H24FN3O2/c1-2-21(19(23)26)11-4-12-25(14-21)20(27)24-18-6-3-5-16(13-18)15-7-9-17(22)10-8-15/h3,5-10,13H,2,4,11-12,14H2,1H3,(H2,23,26)(H,24,27)/t21-/m0/s1. The van der Waals surface area contributed by atoms with Gasteiger partial charge < -0.3 is 16.0 Å². The maximum Gasteiger partial charge on any atom is 0.321 e. The van der Waals surface area contributed by atoms with E-state index in [1.165, 1.54) is 12.1 Å². The van der Waals surface area contributed by atoms with Gasteiger partial charge in [0.2, 0.25) is 5.91 Å². The van der Waals surface area contributed by atoms with Crippen LogP contribution in [0.15, 0.2) is 48.5 Å². The summed E-state index contributed by atoms with van der Waals surface area (Å²) >= 11 is 0. The molecule has 27 heavy (non-hydrogen) atoms. The van der Waals surface area contributed by atoms with E-state index < -0.39 is 5.41 Å². The molecule has 1 fully saturated rings. The van der Waals surface area contributed by atoms with Gasteiger partial charge in [0.05, 0.1) is 5.41 Å². The van der Waals surface area contributed by atoms with Crippen LogP contribution in [0.1, 0.15) is 26.2 Å². The van der Waals surface area contributed by atoms with Gasteiger partial charge >= 0.3 is 6.03 Å². The van der Waals surface area contributed by atoms with Gasteiger partial charge in [0.1, 0.15) is 5.82 Å². The van der Waals surface area contributed by atoms with Gasteiger partial charge in [-0.15, -0.1) is 0 Å². The van der Waals surface area contributed by atoms with Gasteiger partial charge in [-0.1, -0.05) is 31.2 Å². The van der Waals surface area contributed by atoms with Crippen LogP contribution in [0.3, 0.4) is 0 Å². The minimum Gasteiger partial charge on any atom is -0.369 e. The highest BCUT2D eigenvalue weighted by Gasteiger charge is 2.40. The van der Waals surface area contributed by atoms with Gasteiger partial charge in [-0.2, -0.15) is 0 Å². The Morgan fingerprint density at radius 3 is 2.59 bits per heavy atom. The third-order valence-corrected chi connectivity index (χ3v) is 5.35. The number of halogens is 1. The molecule has 5 nitrogen and oxygen atoms in total. The topological polar surface area (TPSA) is 75.4 Å². The summed E-state index contributed by atoms with van der Waals surface area (Å²) in [7, 11) is 0. The highest BCUT2D eigenvalue weighted by Crippen LogP contribution is 2.33. The minimum atomic E-state index is -0.647. The molecule has 0 bridgehead atoms. The molecule has 2 aromatic carbocycles. The maximum atomic E-state index is 13.1. The fraction of sp³-hybridized carbons (Fsp3) is 0.333. The van der Waals surface area contributed by atoms with Crippen molar-refractivity contribution in [3.05, 3.63) is 54.3 Å². The molecular formula is C21H24FN3O2. The van der Waals surface area contributed by atoms with Crippen molar-refractivity contribution in [1.29, 1.82) is 0 Å². The molecule has 0 saturated carbocycles. The summed E-state index contributed by atoms with van der Waals surface area (Å²) in [5.74, 6) is -0.636. The van der Waals surface area contributed by atoms with Crippen LogP contribution in [-0.4, -0.2) is 29.9 Å². The van der Waals surface area contributed by atoms with Crippen LogP contribution in [0, 0.1) is 11.2 Å². The fourth-order valence-electron chi connectivity index (χ4n) is 3.59. The molecule has 1 heterocycles. The first kappa shape index (κ1) is 18.9. The lowest BCUT2D eigenvalue weighted by molar-refractivity contribution is -0.130. The van der Waals surface area contributed by atoms with Crippen molar-refractivity contribution in [3.63, 3.8) is 0 Å². The molecule has 3 rings (SSSR count). The van der Waals surface area contributed by atoms with Crippen molar-refractivity contribution in [2.24, 2.45) is 11.1 Å². The molecule has 3 amide bonds. The van der Waals surface area contributed by atoms with Crippen LogP contribution in [0.4, 0.5) is 14.9 Å². The van der Waals surface area contributed by atoms with Crippen molar-refractivity contribution in [3.8, 4) is 11.1 Å². The normalized spacial score (nSPS) is 19.6. The van der Waals surface area contributed by atoms with E-state index in [1.807, 2.05) is 25.1 Å². The van der Waals surface area contributed by atoms with E-state index in [0.717, 1.165) is 17.5 Å². The summed E-state index contributed by atoms with van der Waals surface area (Å²) in [5.41, 5.74) is 7.34. The number of carbonyl (C=O) groups excluding carboxylic acids is 2. The number of nitrogens with zero attached hydrogens (tertiary/aromatic N) is 1. The first-order valence-electron chi connectivity index (χ1n) is 9.15. The summed E-state index contributed by atoms with van der Waals surface area (Å²) < 4.78 is 13.1. The minimum absolute atomic E-state index is 0.245. The van der Waals surface area contributed by atoms with Gasteiger partial charge in [0, 0.05) is 18.8 Å². The summed E-state index contributed by atoms with van der Waals surface area (Å²) in [4.78, 5) is 26.3. The van der Waals surface area contributed by atoms with Crippen molar-refractivity contribution in [2.75, 3.05) is 18.4 Å². The number of urea groups is 1. The van der Waals surface area contributed by atoms with Gasteiger partial charge in [-0.25, -0.2) is 9.18 Å². The molecule has 1 aliphatic heterocycles. The molecule has 142 valence electrons. The number of amides is 3. The molecule has 2 aromatic rings. The second kappa shape index (κ2) is 7.78. The zero-order valence-corrected chi connectivity index (χ0v) is 15.4. The number of nitrogens with two attached hydrogens (primary N) is 1. The predicted molar refractivity (Wildman–Crippen MR) is 104 cm³/mol. The second-order valence-electron chi connectivity index (χ2n) is 7.04. The van der Waals surface area contributed by atoms with Crippen molar-refractivity contribution in [1.82, 2.24) is 4.90 Å². The van der Waals surface area contributed by atoms with E-state index in [1.54, 1.807) is 23.1 Å². The molecule has 0 aliphatic carbocycles. The highest BCUT2D eigenvalue weighted by molar-refractivity contribution is 5.91. The third-order valence-electron chi connectivity index (χ3n) is 5.35. The molecular weight excluding hydrogens is 345 g/mol. The predicted octanol–water partition coefficient (Wildman–Crippen LogP) is 4.00. The Morgan fingerprint density at radius 2 is 1.93 bits per heavy atom. The lowest BCUT2D eigenvalue weighted by Gasteiger charge is -2.40. The number of likely N-dealkylation sites (tertiary alicyclic amines) is 1. The average molecular weight is 369 g/mol. The van der Waals surface area contributed by atoms with Crippen LogP contribution in [0.25, 0.3) is 11.1 Å². The molecule has 0 unspecified atom stereocenters. The number of hydrogen-bond acceptors (Lipinski definition) is 2. The van der Waals surface area contributed by atoms with E-state index in [2.05, 4.69) is 5.32 Å². The van der Waals surface area contributed by atoms with Crippen LogP contribution in [0.5, 0.6) is 0 Å². The van der Waals surface area contributed by atoms with Gasteiger partial charge in [0.25, 0.3) is 0 Å². The van der Waals surface area contributed by atoms with Crippen molar-refractivity contribution in [2.45, 2.75) is 26.2 Å². The zero-order valence-electron chi connectivity index (χ0n) is 15.4. The molecule has 1 saturated heterocycles. The van der Waals surface area contributed by atoms with Crippen LogP contribution >= 0.6 is 0 Å². The van der Waals surface area contributed by atoms with Gasteiger partial charge in [-0.05, 0) is 54.7 Å².